The molecule has 2 aromatic rings. The highest BCUT2D eigenvalue weighted by atomic mass is 32.2. The van der Waals surface area contributed by atoms with Crippen LogP contribution in [0.4, 0.5) is 4.79 Å². The zero-order valence-corrected chi connectivity index (χ0v) is 16.9. The zero-order chi connectivity index (χ0) is 20.5. The number of nitrogens with zero attached hydrogens (tertiary/aromatic N) is 2. The van der Waals surface area contributed by atoms with E-state index in [0.29, 0.717) is 29.3 Å². The first-order chi connectivity index (χ1) is 13.1. The highest BCUT2D eigenvalue weighted by Gasteiger charge is 2.35. The topological polar surface area (TPSA) is 88.6 Å². The van der Waals surface area contributed by atoms with E-state index in [4.69, 9.17) is 11.2 Å². The number of pyridine rings is 1. The molecule has 1 aliphatic rings. The highest BCUT2D eigenvalue weighted by Crippen LogP contribution is 2.29. The van der Waals surface area contributed by atoms with Crippen molar-refractivity contribution < 1.29 is 17.9 Å². The summed E-state index contributed by atoms with van der Waals surface area (Å²) >= 11 is 0. The molecule has 0 spiro atoms. The van der Waals surface area contributed by atoms with Crippen LogP contribution in [0.2, 0.25) is 0 Å². The van der Waals surface area contributed by atoms with Crippen molar-refractivity contribution in [2.24, 2.45) is 0 Å². The fourth-order valence-corrected chi connectivity index (χ4v) is 4.94. The Morgan fingerprint density at radius 1 is 1.36 bits per heavy atom. The summed E-state index contributed by atoms with van der Waals surface area (Å²) in [5.41, 5.74) is -0.184. The van der Waals surface area contributed by atoms with Crippen molar-refractivity contribution in [1.82, 2.24) is 14.6 Å². The predicted octanol–water partition coefficient (Wildman–Crippen LogP) is 2.50. The first kappa shape index (κ1) is 20.1. The number of benzene rings is 1. The van der Waals surface area contributed by atoms with Crippen molar-refractivity contribution in [2.75, 3.05) is 13.1 Å². The van der Waals surface area contributed by atoms with Crippen molar-refractivity contribution in [3.8, 4) is 12.3 Å². The van der Waals surface area contributed by atoms with Gasteiger partial charge in [0.1, 0.15) is 5.60 Å². The summed E-state index contributed by atoms with van der Waals surface area (Å²) in [5, 5.41) is 3.89. The summed E-state index contributed by atoms with van der Waals surface area (Å²) in [6, 6.07) is 4.68. The molecule has 1 aromatic carbocycles. The average molecular weight is 401 g/mol. The molecule has 0 bridgehead atoms. The van der Waals surface area contributed by atoms with E-state index in [1.165, 1.54) is 10.5 Å². The molecule has 0 radical (unpaired) electrons. The molecule has 148 valence electrons. The van der Waals surface area contributed by atoms with Crippen LogP contribution in [0.15, 0.2) is 35.5 Å². The van der Waals surface area contributed by atoms with Gasteiger partial charge in [0.05, 0.1) is 10.5 Å². The fourth-order valence-electron chi connectivity index (χ4n) is 3.20. The lowest BCUT2D eigenvalue weighted by atomic mass is 10.1. The van der Waals surface area contributed by atoms with E-state index < -0.39 is 21.7 Å². The molecule has 28 heavy (non-hydrogen) atoms. The van der Waals surface area contributed by atoms with Crippen LogP contribution in [-0.4, -0.2) is 48.5 Å². The molecule has 0 aliphatic carbocycles. The van der Waals surface area contributed by atoms with E-state index in [1.807, 2.05) is 0 Å². The van der Waals surface area contributed by atoms with E-state index in [0.717, 1.165) is 0 Å². The average Bonchev–Trinajstić information content (AvgIpc) is 3.08. The third kappa shape index (κ3) is 4.11. The first-order valence-electron chi connectivity index (χ1n) is 8.95. The fraction of sp³-hybridized carbons (Fsp3) is 0.400. The zero-order valence-electron chi connectivity index (χ0n) is 16.1. The number of rotatable bonds is 3. The SMILES string of the molecule is C#Cc1cncc2cccc(S(=O)(=O)N3CC[C@H](NC(=O)OC(C)(C)C)C3)c12. The lowest BCUT2D eigenvalue weighted by Crippen LogP contribution is -2.41. The number of hydrogen-bond acceptors (Lipinski definition) is 5. The molecule has 1 amide bonds. The third-order valence-electron chi connectivity index (χ3n) is 4.39. The minimum atomic E-state index is -3.78. The normalized spacial score (nSPS) is 18.0. The van der Waals surface area contributed by atoms with Crippen molar-refractivity contribution in [1.29, 1.82) is 0 Å². The van der Waals surface area contributed by atoms with Crippen molar-refractivity contribution in [3.63, 3.8) is 0 Å². The van der Waals surface area contributed by atoms with Gasteiger partial charge in [-0.15, -0.1) is 6.42 Å². The second kappa shape index (κ2) is 7.41. The van der Waals surface area contributed by atoms with Crippen LogP contribution in [-0.2, 0) is 14.8 Å². The molecule has 7 nitrogen and oxygen atoms in total. The van der Waals surface area contributed by atoms with E-state index in [-0.39, 0.29) is 17.5 Å². The number of carbonyl (C=O) groups excluding carboxylic acids is 1. The molecule has 1 aliphatic heterocycles. The Labute approximate surface area is 165 Å². The number of terminal acetylenes is 1. The first-order valence-corrected chi connectivity index (χ1v) is 10.4. The molecule has 2 heterocycles. The smallest absolute Gasteiger partial charge is 0.407 e. The summed E-state index contributed by atoms with van der Waals surface area (Å²) in [6.07, 6.45) is 8.58. The number of fused-ring (bicyclic) bond motifs is 1. The van der Waals surface area contributed by atoms with Crippen LogP contribution in [0.5, 0.6) is 0 Å². The quantitative estimate of drug-likeness (QED) is 0.799. The van der Waals surface area contributed by atoms with Gasteiger partial charge in [-0.2, -0.15) is 4.31 Å². The maximum Gasteiger partial charge on any atom is 0.407 e. The molecule has 0 unspecified atom stereocenters. The maximum absolute atomic E-state index is 13.3. The summed E-state index contributed by atoms with van der Waals surface area (Å²) in [6.45, 7) is 5.80. The molecule has 1 fully saturated rings. The number of sulfonamides is 1. The molecule has 1 N–H and O–H groups in total. The van der Waals surface area contributed by atoms with Crippen molar-refractivity contribution in [3.05, 3.63) is 36.2 Å². The summed E-state index contributed by atoms with van der Waals surface area (Å²) < 4.78 is 33.2. The second-order valence-electron chi connectivity index (χ2n) is 7.68. The lowest BCUT2D eigenvalue weighted by Gasteiger charge is -2.22. The van der Waals surface area contributed by atoms with Gasteiger partial charge >= 0.3 is 6.09 Å². The molecular weight excluding hydrogens is 378 g/mol. The molecular formula is C20H23N3O4S. The van der Waals surface area contributed by atoms with Gasteiger partial charge in [-0.3, -0.25) is 4.98 Å². The number of nitrogens with one attached hydrogen (secondary N) is 1. The van der Waals surface area contributed by atoms with Crippen LogP contribution in [0.1, 0.15) is 32.8 Å². The van der Waals surface area contributed by atoms with Crippen LogP contribution in [0, 0.1) is 12.3 Å². The molecule has 1 saturated heterocycles. The van der Waals surface area contributed by atoms with Gasteiger partial charge in [0, 0.05) is 42.3 Å². The van der Waals surface area contributed by atoms with Gasteiger partial charge < -0.3 is 10.1 Å². The van der Waals surface area contributed by atoms with E-state index in [1.54, 1.807) is 45.2 Å². The van der Waals surface area contributed by atoms with Gasteiger partial charge in [-0.05, 0) is 33.3 Å². The molecule has 3 rings (SSSR count). The second-order valence-corrected chi connectivity index (χ2v) is 9.59. The highest BCUT2D eigenvalue weighted by molar-refractivity contribution is 7.89. The van der Waals surface area contributed by atoms with Crippen LogP contribution >= 0.6 is 0 Å². The number of carbonyl (C=O) groups is 1. The van der Waals surface area contributed by atoms with Gasteiger partial charge in [0.15, 0.2) is 0 Å². The van der Waals surface area contributed by atoms with Crippen LogP contribution in [0.25, 0.3) is 10.8 Å². The van der Waals surface area contributed by atoms with E-state index in [2.05, 4.69) is 16.2 Å². The predicted molar refractivity (Wildman–Crippen MR) is 106 cm³/mol. The Balaban J connectivity index is 1.85. The maximum atomic E-state index is 13.3. The van der Waals surface area contributed by atoms with Crippen molar-refractivity contribution >= 4 is 26.9 Å². The molecule has 0 saturated carbocycles. The third-order valence-corrected chi connectivity index (χ3v) is 6.30. The number of amides is 1. The molecule has 8 heteroatoms. The number of ether oxygens (including phenoxy) is 1. The summed E-state index contributed by atoms with van der Waals surface area (Å²) in [5.74, 6) is 2.51. The van der Waals surface area contributed by atoms with Crippen LogP contribution in [0.3, 0.4) is 0 Å². The number of hydrogen-bond donors (Lipinski definition) is 1. The molecule has 1 atom stereocenters. The Bertz CT molecular complexity index is 1050. The standard InChI is InChI=1S/C20H23N3O4S/c1-5-14-11-21-12-15-7-6-8-17(18(14)15)28(25,26)23-10-9-16(13-23)22-19(24)27-20(2,3)4/h1,6-8,11-12,16H,9-10,13H2,2-4H3,(H,22,24)/t16-/m0/s1. The Morgan fingerprint density at radius 3 is 2.79 bits per heavy atom. The Hall–Kier alpha value is -2.63. The van der Waals surface area contributed by atoms with E-state index in [9.17, 15) is 13.2 Å². The monoisotopic (exact) mass is 401 g/mol. The van der Waals surface area contributed by atoms with Crippen molar-refractivity contribution in [2.45, 2.75) is 43.7 Å². The Kier molecular flexibility index (Phi) is 5.33. The summed E-state index contributed by atoms with van der Waals surface area (Å²) in [7, 11) is -3.78. The Morgan fingerprint density at radius 2 is 2.11 bits per heavy atom. The summed E-state index contributed by atoms with van der Waals surface area (Å²) in [4.78, 5) is 16.2. The number of aromatic nitrogens is 1. The minimum absolute atomic E-state index is 0.151. The van der Waals surface area contributed by atoms with Gasteiger partial charge in [0.25, 0.3) is 0 Å². The lowest BCUT2D eigenvalue weighted by molar-refractivity contribution is 0.0507. The minimum Gasteiger partial charge on any atom is -0.444 e. The van der Waals surface area contributed by atoms with Gasteiger partial charge in [-0.25, -0.2) is 13.2 Å². The van der Waals surface area contributed by atoms with Gasteiger partial charge in [0.2, 0.25) is 10.0 Å². The number of alkyl carbamates (subject to hydrolysis) is 1. The van der Waals surface area contributed by atoms with Gasteiger partial charge in [-0.1, -0.05) is 18.1 Å². The largest absolute Gasteiger partial charge is 0.444 e. The van der Waals surface area contributed by atoms with E-state index >= 15 is 0 Å². The molecule has 1 aromatic heterocycles. The van der Waals surface area contributed by atoms with Crippen LogP contribution < -0.4 is 5.32 Å².